The predicted octanol–water partition coefficient (Wildman–Crippen LogP) is 2.01. The van der Waals surface area contributed by atoms with E-state index in [1.165, 1.54) is 6.07 Å². The molecule has 1 aliphatic rings. The summed E-state index contributed by atoms with van der Waals surface area (Å²) >= 11 is 0. The third kappa shape index (κ3) is 2.12. The van der Waals surface area contributed by atoms with Crippen LogP contribution in [0.3, 0.4) is 0 Å². The fraction of sp³-hybridized carbons (Fsp3) is 0.500. The lowest BCUT2D eigenvalue weighted by atomic mass is 10.1. The molecule has 1 aromatic carbocycles. The number of anilines is 1. The number of nitrogens with zero attached hydrogens (tertiary/aromatic N) is 1. The van der Waals surface area contributed by atoms with Gasteiger partial charge in [-0.3, -0.25) is 0 Å². The first-order chi connectivity index (χ1) is 7.18. The van der Waals surface area contributed by atoms with Crippen molar-refractivity contribution >= 4 is 5.69 Å². The molecule has 1 N–H and O–H groups in total. The largest absolute Gasteiger partial charge is 0.364 e. The minimum absolute atomic E-state index is 0.126. The van der Waals surface area contributed by atoms with Gasteiger partial charge >= 0.3 is 0 Å². The van der Waals surface area contributed by atoms with Gasteiger partial charge in [-0.1, -0.05) is 12.1 Å². The Labute approximate surface area is 90.1 Å². The maximum absolute atomic E-state index is 13.6. The molecule has 2 rings (SSSR count). The first-order valence-corrected chi connectivity index (χ1v) is 5.43. The number of piperazine rings is 1. The molecule has 1 saturated heterocycles. The zero-order chi connectivity index (χ0) is 10.8. The van der Waals surface area contributed by atoms with E-state index in [0.29, 0.717) is 12.1 Å². The molecule has 1 aromatic rings. The second kappa shape index (κ2) is 4.19. The topological polar surface area (TPSA) is 15.3 Å². The van der Waals surface area contributed by atoms with Crippen molar-refractivity contribution in [1.82, 2.24) is 5.32 Å². The summed E-state index contributed by atoms with van der Waals surface area (Å²) in [5.74, 6) is -0.126. The quantitative estimate of drug-likeness (QED) is 0.759. The molecule has 0 amide bonds. The van der Waals surface area contributed by atoms with Gasteiger partial charge in [-0.25, -0.2) is 4.39 Å². The third-order valence-electron chi connectivity index (χ3n) is 2.93. The van der Waals surface area contributed by atoms with E-state index in [2.05, 4.69) is 24.1 Å². The number of halogens is 1. The summed E-state index contributed by atoms with van der Waals surface area (Å²) in [7, 11) is 0. The van der Waals surface area contributed by atoms with Crippen LogP contribution >= 0.6 is 0 Å². The molecule has 1 fully saturated rings. The third-order valence-corrected chi connectivity index (χ3v) is 2.93. The van der Waals surface area contributed by atoms with E-state index in [1.807, 2.05) is 12.1 Å². The number of nitrogens with one attached hydrogen (secondary N) is 1. The van der Waals surface area contributed by atoms with Gasteiger partial charge in [-0.2, -0.15) is 0 Å². The van der Waals surface area contributed by atoms with Crippen molar-refractivity contribution in [3.63, 3.8) is 0 Å². The molecule has 2 atom stereocenters. The van der Waals surface area contributed by atoms with Gasteiger partial charge in [0.15, 0.2) is 0 Å². The Hall–Kier alpha value is -1.09. The molecular formula is C12H17FN2. The number of hydrogen-bond acceptors (Lipinski definition) is 2. The predicted molar refractivity (Wildman–Crippen MR) is 60.7 cm³/mol. The summed E-state index contributed by atoms with van der Waals surface area (Å²) in [5.41, 5.74) is 0.721. The Bertz CT molecular complexity index is 340. The Morgan fingerprint density at radius 3 is 2.80 bits per heavy atom. The van der Waals surface area contributed by atoms with Crippen molar-refractivity contribution in [3.8, 4) is 0 Å². The highest BCUT2D eigenvalue weighted by atomic mass is 19.1. The monoisotopic (exact) mass is 208 g/mol. The zero-order valence-electron chi connectivity index (χ0n) is 9.20. The summed E-state index contributed by atoms with van der Waals surface area (Å²) < 4.78 is 13.6. The molecule has 1 heterocycles. The normalized spacial score (nSPS) is 26.7. The average molecular weight is 208 g/mol. The Kier molecular flexibility index (Phi) is 2.91. The summed E-state index contributed by atoms with van der Waals surface area (Å²) in [5, 5.41) is 3.39. The Morgan fingerprint density at radius 1 is 1.33 bits per heavy atom. The van der Waals surface area contributed by atoms with Gasteiger partial charge in [-0.15, -0.1) is 0 Å². The highest BCUT2D eigenvalue weighted by Crippen LogP contribution is 2.22. The molecular weight excluding hydrogens is 191 g/mol. The number of hydrogen-bond donors (Lipinski definition) is 1. The first-order valence-electron chi connectivity index (χ1n) is 5.43. The summed E-state index contributed by atoms with van der Waals surface area (Å²) in [6.45, 7) is 6.02. The minimum Gasteiger partial charge on any atom is -0.364 e. The van der Waals surface area contributed by atoms with Gasteiger partial charge in [0.1, 0.15) is 5.82 Å². The van der Waals surface area contributed by atoms with Gasteiger partial charge in [0.05, 0.1) is 5.69 Å². The fourth-order valence-electron chi connectivity index (χ4n) is 2.04. The highest BCUT2D eigenvalue weighted by Gasteiger charge is 2.23. The lowest BCUT2D eigenvalue weighted by molar-refractivity contribution is 0.420. The van der Waals surface area contributed by atoms with Crippen LogP contribution < -0.4 is 10.2 Å². The van der Waals surface area contributed by atoms with E-state index in [9.17, 15) is 4.39 Å². The van der Waals surface area contributed by atoms with Crippen LogP contribution in [0.15, 0.2) is 24.3 Å². The summed E-state index contributed by atoms with van der Waals surface area (Å²) in [6.07, 6.45) is 0. The first kappa shape index (κ1) is 10.4. The van der Waals surface area contributed by atoms with E-state index in [1.54, 1.807) is 6.07 Å². The average Bonchev–Trinajstić information content (AvgIpc) is 2.23. The van der Waals surface area contributed by atoms with Gasteiger partial charge in [0, 0.05) is 25.2 Å². The molecule has 0 radical (unpaired) electrons. The van der Waals surface area contributed by atoms with Crippen molar-refractivity contribution in [2.75, 3.05) is 18.0 Å². The minimum atomic E-state index is -0.126. The van der Waals surface area contributed by atoms with Crippen LogP contribution in [0.4, 0.5) is 10.1 Å². The Balaban J connectivity index is 2.25. The second-order valence-corrected chi connectivity index (χ2v) is 4.26. The zero-order valence-corrected chi connectivity index (χ0v) is 9.20. The molecule has 0 aliphatic carbocycles. The molecule has 3 heteroatoms. The molecule has 15 heavy (non-hydrogen) atoms. The number of benzene rings is 1. The molecule has 82 valence electrons. The molecule has 0 unspecified atom stereocenters. The van der Waals surface area contributed by atoms with Gasteiger partial charge in [0.25, 0.3) is 0 Å². The van der Waals surface area contributed by atoms with E-state index in [0.717, 1.165) is 18.8 Å². The van der Waals surface area contributed by atoms with Crippen molar-refractivity contribution in [2.24, 2.45) is 0 Å². The van der Waals surface area contributed by atoms with Crippen molar-refractivity contribution in [2.45, 2.75) is 25.9 Å². The van der Waals surface area contributed by atoms with Crippen molar-refractivity contribution in [1.29, 1.82) is 0 Å². The molecule has 1 aliphatic heterocycles. The highest BCUT2D eigenvalue weighted by molar-refractivity contribution is 5.49. The van der Waals surface area contributed by atoms with Crippen LogP contribution in [-0.2, 0) is 0 Å². The molecule has 0 saturated carbocycles. The maximum Gasteiger partial charge on any atom is 0.146 e. The van der Waals surface area contributed by atoms with Crippen LogP contribution in [0.2, 0.25) is 0 Å². The lowest BCUT2D eigenvalue weighted by Crippen LogP contribution is -2.54. The molecule has 0 spiro atoms. The van der Waals surface area contributed by atoms with Gasteiger partial charge in [0.2, 0.25) is 0 Å². The van der Waals surface area contributed by atoms with Gasteiger partial charge < -0.3 is 10.2 Å². The van der Waals surface area contributed by atoms with Crippen molar-refractivity contribution in [3.05, 3.63) is 30.1 Å². The fourth-order valence-corrected chi connectivity index (χ4v) is 2.04. The Morgan fingerprint density at radius 2 is 2.07 bits per heavy atom. The summed E-state index contributed by atoms with van der Waals surface area (Å²) in [6, 6.07) is 7.75. The van der Waals surface area contributed by atoms with E-state index in [-0.39, 0.29) is 5.82 Å². The van der Waals surface area contributed by atoms with E-state index >= 15 is 0 Å². The van der Waals surface area contributed by atoms with Crippen molar-refractivity contribution < 1.29 is 4.39 Å². The lowest BCUT2D eigenvalue weighted by Gasteiger charge is -2.39. The molecule has 2 nitrogen and oxygen atoms in total. The number of rotatable bonds is 1. The standard InChI is InChI=1S/C12H17FN2/c1-9-8-15(10(2)7-14-9)12-6-4-3-5-11(12)13/h3-6,9-10,14H,7-8H2,1-2H3/t9-,10-/m1/s1. The van der Waals surface area contributed by atoms with E-state index < -0.39 is 0 Å². The van der Waals surface area contributed by atoms with E-state index in [4.69, 9.17) is 0 Å². The smallest absolute Gasteiger partial charge is 0.146 e. The van der Waals surface area contributed by atoms with Crippen LogP contribution in [0, 0.1) is 5.82 Å². The molecule has 0 aromatic heterocycles. The van der Waals surface area contributed by atoms with Crippen LogP contribution in [0.1, 0.15) is 13.8 Å². The molecule has 0 bridgehead atoms. The number of para-hydroxylation sites is 1. The summed E-state index contributed by atoms with van der Waals surface area (Å²) in [4.78, 5) is 2.14. The maximum atomic E-state index is 13.6. The SMILES string of the molecule is C[C@@H]1CN(c2ccccc2F)[C@H](C)CN1. The van der Waals surface area contributed by atoms with Gasteiger partial charge in [-0.05, 0) is 26.0 Å². The van der Waals surface area contributed by atoms with Crippen LogP contribution in [0.25, 0.3) is 0 Å². The van der Waals surface area contributed by atoms with Crippen LogP contribution in [-0.4, -0.2) is 25.2 Å². The second-order valence-electron chi connectivity index (χ2n) is 4.26. The van der Waals surface area contributed by atoms with Crippen LogP contribution in [0.5, 0.6) is 0 Å².